The third-order valence-electron chi connectivity index (χ3n) is 3.73. The molecule has 0 bridgehead atoms. The Bertz CT molecular complexity index is 471. The summed E-state index contributed by atoms with van der Waals surface area (Å²) in [5.41, 5.74) is 0.990. The highest BCUT2D eigenvalue weighted by Crippen LogP contribution is 2.18. The van der Waals surface area contributed by atoms with Crippen LogP contribution in [0, 0.1) is 11.3 Å². The third kappa shape index (κ3) is 3.79. The number of nitrogens with zero attached hydrogens (tertiary/aromatic N) is 3. The molecule has 102 valence electrons. The van der Waals surface area contributed by atoms with Gasteiger partial charge >= 0.3 is 0 Å². The maximum atomic E-state index is 9.17. The fourth-order valence-electron chi connectivity index (χ4n) is 2.43. The SMILES string of the molecule is CC(C)(C#N)N1CCN(Cc2cccc(Br)c2)CC1. The monoisotopic (exact) mass is 321 g/mol. The van der Waals surface area contributed by atoms with Crippen molar-refractivity contribution < 1.29 is 0 Å². The first-order valence-electron chi connectivity index (χ1n) is 6.64. The van der Waals surface area contributed by atoms with E-state index in [1.807, 2.05) is 13.8 Å². The molecule has 1 fully saturated rings. The van der Waals surface area contributed by atoms with Crippen molar-refractivity contribution in [2.24, 2.45) is 0 Å². The summed E-state index contributed by atoms with van der Waals surface area (Å²) in [6.07, 6.45) is 0. The van der Waals surface area contributed by atoms with E-state index in [-0.39, 0.29) is 5.54 Å². The van der Waals surface area contributed by atoms with Crippen LogP contribution in [0.1, 0.15) is 19.4 Å². The number of hydrogen-bond donors (Lipinski definition) is 0. The van der Waals surface area contributed by atoms with E-state index < -0.39 is 0 Å². The van der Waals surface area contributed by atoms with E-state index in [1.165, 1.54) is 5.56 Å². The zero-order valence-electron chi connectivity index (χ0n) is 11.6. The standard InChI is InChI=1S/C15H20BrN3/c1-15(2,12-17)19-8-6-18(7-9-19)11-13-4-3-5-14(16)10-13/h3-5,10H,6-9,11H2,1-2H3. The average Bonchev–Trinajstić information content (AvgIpc) is 2.39. The summed E-state index contributed by atoms with van der Waals surface area (Å²) in [4.78, 5) is 4.72. The molecular formula is C15H20BrN3. The maximum Gasteiger partial charge on any atom is 0.103 e. The predicted octanol–water partition coefficient (Wildman–Crippen LogP) is 2.87. The van der Waals surface area contributed by atoms with Crippen LogP contribution < -0.4 is 0 Å². The number of piperazine rings is 1. The number of hydrogen-bond acceptors (Lipinski definition) is 3. The normalized spacial score (nSPS) is 18.2. The lowest BCUT2D eigenvalue weighted by molar-refractivity contribution is 0.0764. The van der Waals surface area contributed by atoms with Crippen molar-refractivity contribution in [1.82, 2.24) is 9.80 Å². The maximum absolute atomic E-state index is 9.17. The lowest BCUT2D eigenvalue weighted by atomic mass is 10.0. The van der Waals surface area contributed by atoms with E-state index in [0.29, 0.717) is 0 Å². The third-order valence-corrected chi connectivity index (χ3v) is 4.22. The van der Waals surface area contributed by atoms with E-state index in [2.05, 4.69) is 56.1 Å². The minimum Gasteiger partial charge on any atom is -0.297 e. The van der Waals surface area contributed by atoms with Gasteiger partial charge in [0, 0.05) is 37.2 Å². The Morgan fingerprint density at radius 2 is 1.95 bits per heavy atom. The Balaban J connectivity index is 1.89. The van der Waals surface area contributed by atoms with Crippen LogP contribution in [0.2, 0.25) is 0 Å². The Kier molecular flexibility index (Phi) is 4.62. The van der Waals surface area contributed by atoms with Crippen LogP contribution in [0.25, 0.3) is 0 Å². The van der Waals surface area contributed by atoms with E-state index in [4.69, 9.17) is 5.26 Å². The van der Waals surface area contributed by atoms with E-state index in [0.717, 1.165) is 37.2 Å². The second-order valence-electron chi connectivity index (χ2n) is 5.56. The molecule has 1 aromatic carbocycles. The van der Waals surface area contributed by atoms with Gasteiger partial charge in [0.25, 0.3) is 0 Å². The molecule has 4 heteroatoms. The van der Waals surface area contributed by atoms with Crippen molar-refractivity contribution >= 4 is 15.9 Å². The molecule has 0 aliphatic carbocycles. The quantitative estimate of drug-likeness (QED) is 0.857. The summed E-state index contributed by atoms with van der Waals surface area (Å²) < 4.78 is 1.13. The van der Waals surface area contributed by atoms with Crippen molar-refractivity contribution in [3.05, 3.63) is 34.3 Å². The van der Waals surface area contributed by atoms with Gasteiger partial charge in [0.15, 0.2) is 0 Å². The topological polar surface area (TPSA) is 30.3 Å². The lowest BCUT2D eigenvalue weighted by Crippen LogP contribution is -2.53. The Labute approximate surface area is 123 Å². The predicted molar refractivity (Wildman–Crippen MR) is 80.7 cm³/mol. The van der Waals surface area contributed by atoms with Crippen molar-refractivity contribution in [2.45, 2.75) is 25.9 Å². The van der Waals surface area contributed by atoms with Crippen LogP contribution in [0.4, 0.5) is 0 Å². The molecule has 1 heterocycles. The summed E-state index contributed by atoms with van der Waals surface area (Å²) in [5.74, 6) is 0. The smallest absolute Gasteiger partial charge is 0.103 e. The highest BCUT2D eigenvalue weighted by molar-refractivity contribution is 9.10. The van der Waals surface area contributed by atoms with Crippen molar-refractivity contribution in [3.8, 4) is 6.07 Å². The lowest BCUT2D eigenvalue weighted by Gasteiger charge is -2.40. The molecule has 0 radical (unpaired) electrons. The van der Waals surface area contributed by atoms with E-state index >= 15 is 0 Å². The fourth-order valence-corrected chi connectivity index (χ4v) is 2.88. The number of rotatable bonds is 3. The van der Waals surface area contributed by atoms with Crippen LogP contribution in [-0.4, -0.2) is 41.5 Å². The molecule has 2 rings (SSSR count). The molecule has 1 saturated heterocycles. The van der Waals surface area contributed by atoms with Gasteiger partial charge in [0.05, 0.1) is 6.07 Å². The highest BCUT2D eigenvalue weighted by atomic mass is 79.9. The van der Waals surface area contributed by atoms with Gasteiger partial charge in [-0.15, -0.1) is 0 Å². The van der Waals surface area contributed by atoms with Gasteiger partial charge in [-0.3, -0.25) is 9.80 Å². The van der Waals surface area contributed by atoms with Crippen LogP contribution in [-0.2, 0) is 6.54 Å². The largest absolute Gasteiger partial charge is 0.297 e. The molecule has 1 aromatic rings. The summed E-state index contributed by atoms with van der Waals surface area (Å²) >= 11 is 3.51. The molecule has 0 spiro atoms. The van der Waals surface area contributed by atoms with E-state index in [1.54, 1.807) is 0 Å². The molecule has 0 atom stereocenters. The second-order valence-corrected chi connectivity index (χ2v) is 6.48. The molecule has 0 amide bonds. The van der Waals surface area contributed by atoms with Gasteiger partial charge in [-0.05, 0) is 31.5 Å². The zero-order chi connectivity index (χ0) is 13.9. The Morgan fingerprint density at radius 1 is 1.26 bits per heavy atom. The second kappa shape index (κ2) is 6.04. The zero-order valence-corrected chi connectivity index (χ0v) is 13.2. The average molecular weight is 322 g/mol. The molecule has 0 saturated carbocycles. The van der Waals surface area contributed by atoms with Gasteiger partial charge in [0.1, 0.15) is 5.54 Å². The first kappa shape index (κ1) is 14.5. The molecule has 0 N–H and O–H groups in total. The van der Waals surface area contributed by atoms with Crippen LogP contribution in [0.3, 0.4) is 0 Å². The molecule has 0 unspecified atom stereocenters. The first-order valence-corrected chi connectivity index (χ1v) is 7.44. The van der Waals surface area contributed by atoms with Gasteiger partial charge in [-0.2, -0.15) is 5.26 Å². The minimum absolute atomic E-state index is 0.345. The van der Waals surface area contributed by atoms with Gasteiger partial charge in [0.2, 0.25) is 0 Å². The number of benzene rings is 1. The summed E-state index contributed by atoms with van der Waals surface area (Å²) in [7, 11) is 0. The summed E-state index contributed by atoms with van der Waals surface area (Å²) in [6, 6.07) is 10.8. The van der Waals surface area contributed by atoms with E-state index in [9.17, 15) is 0 Å². The molecular weight excluding hydrogens is 302 g/mol. The molecule has 1 aliphatic rings. The Hall–Kier alpha value is -0.890. The molecule has 3 nitrogen and oxygen atoms in total. The Morgan fingerprint density at radius 3 is 2.53 bits per heavy atom. The molecule has 19 heavy (non-hydrogen) atoms. The molecule has 1 aliphatic heterocycles. The fraction of sp³-hybridized carbons (Fsp3) is 0.533. The van der Waals surface area contributed by atoms with Crippen molar-refractivity contribution in [3.63, 3.8) is 0 Å². The van der Waals surface area contributed by atoms with Crippen molar-refractivity contribution in [1.29, 1.82) is 5.26 Å². The highest BCUT2D eigenvalue weighted by Gasteiger charge is 2.29. The van der Waals surface area contributed by atoms with Crippen LogP contribution in [0.15, 0.2) is 28.7 Å². The van der Waals surface area contributed by atoms with Gasteiger partial charge in [-0.1, -0.05) is 28.1 Å². The van der Waals surface area contributed by atoms with Gasteiger partial charge in [-0.25, -0.2) is 0 Å². The minimum atomic E-state index is -0.345. The van der Waals surface area contributed by atoms with Crippen LogP contribution >= 0.6 is 15.9 Å². The molecule has 0 aromatic heterocycles. The summed E-state index contributed by atoms with van der Waals surface area (Å²) in [6.45, 7) is 8.96. The number of halogens is 1. The number of nitriles is 1. The van der Waals surface area contributed by atoms with Gasteiger partial charge < -0.3 is 0 Å². The van der Waals surface area contributed by atoms with Crippen LogP contribution in [0.5, 0.6) is 0 Å². The first-order chi connectivity index (χ1) is 9.01. The summed E-state index contributed by atoms with van der Waals surface area (Å²) in [5, 5.41) is 9.17. The van der Waals surface area contributed by atoms with Crippen molar-refractivity contribution in [2.75, 3.05) is 26.2 Å².